The highest BCUT2D eigenvalue weighted by atomic mass is 16.1. The van der Waals surface area contributed by atoms with E-state index in [0.717, 1.165) is 0 Å². The Morgan fingerprint density at radius 1 is 1.35 bits per heavy atom. The Bertz CT molecular complexity index is 600. The van der Waals surface area contributed by atoms with Crippen molar-refractivity contribution in [3.8, 4) is 12.0 Å². The molecule has 0 aliphatic heterocycles. The predicted molar refractivity (Wildman–Crippen MR) is 58.7 cm³/mol. The average molecular weight is 227 g/mol. The molecule has 0 fully saturated rings. The van der Waals surface area contributed by atoms with Crippen LogP contribution in [0, 0.1) is 25.2 Å². The molecule has 17 heavy (non-hydrogen) atoms. The highest BCUT2D eigenvalue weighted by Gasteiger charge is 2.10. The molecule has 0 N–H and O–H groups in total. The van der Waals surface area contributed by atoms with Crippen molar-refractivity contribution in [2.75, 3.05) is 0 Å². The second kappa shape index (κ2) is 4.14. The minimum Gasteiger partial charge on any atom is -0.298 e. The van der Waals surface area contributed by atoms with Gasteiger partial charge in [0.25, 0.3) is 5.95 Å². The fourth-order valence-electron chi connectivity index (χ4n) is 1.47. The van der Waals surface area contributed by atoms with Gasteiger partial charge in [0.05, 0.1) is 28.7 Å². The molecule has 0 saturated carbocycles. The van der Waals surface area contributed by atoms with Crippen molar-refractivity contribution >= 4 is 6.29 Å². The van der Waals surface area contributed by atoms with Crippen molar-refractivity contribution in [2.45, 2.75) is 13.8 Å². The van der Waals surface area contributed by atoms with E-state index in [-0.39, 0.29) is 0 Å². The van der Waals surface area contributed by atoms with Crippen molar-refractivity contribution in [1.29, 1.82) is 5.26 Å². The molecule has 0 unspecified atom stereocenters. The van der Waals surface area contributed by atoms with E-state index in [1.165, 1.54) is 17.1 Å². The zero-order valence-electron chi connectivity index (χ0n) is 9.38. The lowest BCUT2D eigenvalue weighted by molar-refractivity contribution is 0.112. The van der Waals surface area contributed by atoms with Crippen molar-refractivity contribution in [3.05, 3.63) is 34.9 Å². The van der Waals surface area contributed by atoms with E-state index >= 15 is 0 Å². The molecule has 6 nitrogen and oxygen atoms in total. The number of aromatic nitrogens is 4. The maximum atomic E-state index is 10.5. The zero-order chi connectivity index (χ0) is 12.4. The summed E-state index contributed by atoms with van der Waals surface area (Å²) in [6.45, 7) is 3.47. The van der Waals surface area contributed by atoms with Gasteiger partial charge in [-0.25, -0.2) is 14.6 Å². The summed E-state index contributed by atoms with van der Waals surface area (Å²) in [7, 11) is 0. The minimum atomic E-state index is 0.354. The first kappa shape index (κ1) is 11.0. The van der Waals surface area contributed by atoms with Crippen LogP contribution in [0.3, 0.4) is 0 Å². The van der Waals surface area contributed by atoms with E-state index in [2.05, 4.69) is 15.1 Å². The molecule has 0 amide bonds. The van der Waals surface area contributed by atoms with Gasteiger partial charge in [0.1, 0.15) is 6.07 Å². The molecule has 2 heterocycles. The third-order valence-corrected chi connectivity index (χ3v) is 2.31. The lowest BCUT2D eigenvalue weighted by Crippen LogP contribution is -2.06. The Balaban J connectivity index is 2.54. The number of aldehydes is 1. The second-order valence-electron chi connectivity index (χ2n) is 3.52. The van der Waals surface area contributed by atoms with Crippen LogP contribution in [0.5, 0.6) is 0 Å². The number of nitriles is 1. The maximum Gasteiger partial charge on any atom is 0.251 e. The summed E-state index contributed by atoms with van der Waals surface area (Å²) in [4.78, 5) is 18.9. The summed E-state index contributed by atoms with van der Waals surface area (Å²) in [6, 6.07) is 2.05. The van der Waals surface area contributed by atoms with Gasteiger partial charge in [-0.1, -0.05) is 0 Å². The number of aryl methyl sites for hydroxylation is 2. The van der Waals surface area contributed by atoms with Gasteiger partial charge < -0.3 is 0 Å². The maximum absolute atomic E-state index is 10.5. The highest BCUT2D eigenvalue weighted by Crippen LogP contribution is 2.11. The fraction of sp³-hybridized carbons (Fsp3) is 0.182. The number of carbonyl (C=O) groups is 1. The minimum absolute atomic E-state index is 0.354. The Morgan fingerprint density at radius 3 is 2.47 bits per heavy atom. The molecule has 0 bridgehead atoms. The summed E-state index contributed by atoms with van der Waals surface area (Å²) >= 11 is 0. The summed E-state index contributed by atoms with van der Waals surface area (Å²) in [5, 5.41) is 12.9. The standard InChI is InChI=1S/C11H9N5O/c1-7-10(3-12)8(2)15-11(14-7)16-5-9(6-17)4-13-16/h4-6H,1-2H3. The Morgan fingerprint density at radius 2 is 2.00 bits per heavy atom. The fourth-order valence-corrected chi connectivity index (χ4v) is 1.47. The highest BCUT2D eigenvalue weighted by molar-refractivity contribution is 5.73. The molecule has 6 heteroatoms. The molecule has 0 aliphatic carbocycles. The number of hydrogen-bond donors (Lipinski definition) is 0. The third kappa shape index (κ3) is 1.90. The average Bonchev–Trinajstić information content (AvgIpc) is 2.77. The van der Waals surface area contributed by atoms with Gasteiger partial charge in [0, 0.05) is 6.20 Å². The molecule has 2 aromatic heterocycles. The molecule has 2 rings (SSSR count). The van der Waals surface area contributed by atoms with Crippen molar-refractivity contribution < 1.29 is 4.79 Å². The largest absolute Gasteiger partial charge is 0.298 e. The Kier molecular flexibility index (Phi) is 2.66. The van der Waals surface area contributed by atoms with Crippen molar-refractivity contribution in [3.63, 3.8) is 0 Å². The van der Waals surface area contributed by atoms with Crippen LogP contribution in [0.25, 0.3) is 5.95 Å². The van der Waals surface area contributed by atoms with Crippen molar-refractivity contribution in [2.24, 2.45) is 0 Å². The van der Waals surface area contributed by atoms with Crippen LogP contribution in [0.4, 0.5) is 0 Å². The van der Waals surface area contributed by atoms with Crippen LogP contribution >= 0.6 is 0 Å². The van der Waals surface area contributed by atoms with Gasteiger partial charge in [-0.2, -0.15) is 10.4 Å². The van der Waals surface area contributed by atoms with E-state index in [1.54, 1.807) is 13.8 Å². The first-order valence-corrected chi connectivity index (χ1v) is 4.91. The van der Waals surface area contributed by atoms with Gasteiger partial charge >= 0.3 is 0 Å². The zero-order valence-corrected chi connectivity index (χ0v) is 9.38. The van der Waals surface area contributed by atoms with Gasteiger partial charge in [-0.05, 0) is 13.8 Å². The van der Waals surface area contributed by atoms with Crippen LogP contribution in [0.1, 0.15) is 27.3 Å². The van der Waals surface area contributed by atoms with Gasteiger partial charge in [-0.15, -0.1) is 0 Å². The molecular weight excluding hydrogens is 218 g/mol. The summed E-state index contributed by atoms with van der Waals surface area (Å²) in [5.41, 5.74) is 2.11. The third-order valence-electron chi connectivity index (χ3n) is 2.31. The van der Waals surface area contributed by atoms with E-state index in [4.69, 9.17) is 5.26 Å². The first-order valence-electron chi connectivity index (χ1n) is 4.91. The summed E-state index contributed by atoms with van der Waals surface area (Å²) < 4.78 is 1.41. The van der Waals surface area contributed by atoms with Crippen LogP contribution in [0.15, 0.2) is 12.4 Å². The topological polar surface area (TPSA) is 84.5 Å². The van der Waals surface area contributed by atoms with Crippen molar-refractivity contribution in [1.82, 2.24) is 19.7 Å². The number of carbonyl (C=O) groups excluding carboxylic acids is 1. The second-order valence-corrected chi connectivity index (χ2v) is 3.52. The predicted octanol–water partition coefficient (Wildman–Crippen LogP) is 0.963. The quantitative estimate of drug-likeness (QED) is 0.713. The SMILES string of the molecule is Cc1nc(-n2cc(C=O)cn2)nc(C)c1C#N. The number of nitrogens with zero attached hydrogens (tertiary/aromatic N) is 5. The number of rotatable bonds is 2. The smallest absolute Gasteiger partial charge is 0.251 e. The van der Waals surface area contributed by atoms with Gasteiger partial charge in [-0.3, -0.25) is 4.79 Å². The Labute approximate surface area is 97.5 Å². The molecule has 0 aliphatic rings. The molecular formula is C11H9N5O. The lowest BCUT2D eigenvalue weighted by Gasteiger charge is -2.04. The summed E-state index contributed by atoms with van der Waals surface area (Å²) in [6.07, 6.45) is 3.67. The number of hydrogen-bond acceptors (Lipinski definition) is 5. The van der Waals surface area contributed by atoms with E-state index in [1.807, 2.05) is 6.07 Å². The lowest BCUT2D eigenvalue weighted by atomic mass is 10.2. The van der Waals surface area contributed by atoms with E-state index in [0.29, 0.717) is 34.7 Å². The molecule has 84 valence electrons. The molecule has 0 radical (unpaired) electrons. The van der Waals surface area contributed by atoms with E-state index in [9.17, 15) is 4.79 Å². The molecule has 2 aromatic rings. The molecule has 0 saturated heterocycles. The van der Waals surface area contributed by atoms with Crippen LogP contribution in [0.2, 0.25) is 0 Å². The Hall–Kier alpha value is -2.55. The van der Waals surface area contributed by atoms with Crippen LogP contribution in [-0.4, -0.2) is 26.0 Å². The van der Waals surface area contributed by atoms with Crippen LogP contribution < -0.4 is 0 Å². The molecule has 0 spiro atoms. The van der Waals surface area contributed by atoms with Gasteiger partial charge in [0.15, 0.2) is 6.29 Å². The van der Waals surface area contributed by atoms with E-state index < -0.39 is 0 Å². The monoisotopic (exact) mass is 227 g/mol. The summed E-state index contributed by atoms with van der Waals surface area (Å²) in [5.74, 6) is 0.354. The molecule has 0 aromatic carbocycles. The van der Waals surface area contributed by atoms with Gasteiger partial charge in [0.2, 0.25) is 0 Å². The molecule has 0 atom stereocenters. The first-order chi connectivity index (χ1) is 8.15. The normalized spacial score (nSPS) is 9.94. The van der Waals surface area contributed by atoms with Crippen LogP contribution in [-0.2, 0) is 0 Å².